The van der Waals surface area contributed by atoms with E-state index in [0.29, 0.717) is 22.0 Å². The number of carbonyl (C=O) groups is 1. The van der Waals surface area contributed by atoms with Gasteiger partial charge in [0.05, 0.1) is 23.4 Å². The van der Waals surface area contributed by atoms with E-state index < -0.39 is 0 Å². The van der Waals surface area contributed by atoms with Crippen LogP contribution < -0.4 is 15.8 Å². The third-order valence-corrected chi connectivity index (χ3v) is 3.42. The topological polar surface area (TPSA) is 103 Å². The predicted molar refractivity (Wildman–Crippen MR) is 76.2 cm³/mol. The van der Waals surface area contributed by atoms with Gasteiger partial charge in [-0.05, 0) is 18.9 Å². The van der Waals surface area contributed by atoms with E-state index in [-0.39, 0.29) is 23.7 Å². The van der Waals surface area contributed by atoms with E-state index in [4.69, 9.17) is 26.6 Å². The van der Waals surface area contributed by atoms with Gasteiger partial charge in [-0.2, -0.15) is 4.98 Å². The lowest BCUT2D eigenvalue weighted by molar-refractivity contribution is 0.0937. The standard InChI is InChI=1S/C13H13ClN4O3/c1-20-10-5-9(15)8(14)4-7(10)13-17-11(18-21-13)12(19)16-6-2-3-6/h4-6H,2-3,15H2,1H3,(H,16,19). The van der Waals surface area contributed by atoms with Crippen LogP contribution in [0.25, 0.3) is 11.5 Å². The normalized spacial score (nSPS) is 14.0. The fraction of sp³-hybridized carbons (Fsp3) is 0.308. The Bertz CT molecular complexity index is 697. The molecule has 1 amide bonds. The Balaban J connectivity index is 1.91. The summed E-state index contributed by atoms with van der Waals surface area (Å²) in [6, 6.07) is 3.34. The van der Waals surface area contributed by atoms with Crippen LogP contribution in [0.3, 0.4) is 0 Å². The SMILES string of the molecule is COc1cc(N)c(Cl)cc1-c1nc(C(=O)NC2CC2)no1. The van der Waals surface area contributed by atoms with Gasteiger partial charge < -0.3 is 20.3 Å². The fourth-order valence-electron chi connectivity index (χ4n) is 1.81. The summed E-state index contributed by atoms with van der Waals surface area (Å²) in [6.45, 7) is 0. The smallest absolute Gasteiger partial charge is 0.292 e. The summed E-state index contributed by atoms with van der Waals surface area (Å²) in [6.07, 6.45) is 1.97. The van der Waals surface area contributed by atoms with Gasteiger partial charge in [0.1, 0.15) is 5.75 Å². The van der Waals surface area contributed by atoms with Crippen molar-refractivity contribution in [1.82, 2.24) is 15.5 Å². The molecule has 2 aromatic rings. The van der Waals surface area contributed by atoms with E-state index in [1.54, 1.807) is 12.1 Å². The molecule has 0 unspecified atom stereocenters. The number of hydrogen-bond donors (Lipinski definition) is 2. The number of benzene rings is 1. The minimum Gasteiger partial charge on any atom is -0.496 e. The monoisotopic (exact) mass is 308 g/mol. The molecule has 0 spiro atoms. The van der Waals surface area contributed by atoms with Gasteiger partial charge in [-0.25, -0.2) is 0 Å². The van der Waals surface area contributed by atoms with Crippen molar-refractivity contribution < 1.29 is 14.1 Å². The van der Waals surface area contributed by atoms with Crippen LogP contribution in [-0.4, -0.2) is 29.2 Å². The van der Waals surface area contributed by atoms with Gasteiger partial charge in [0.2, 0.25) is 0 Å². The number of methoxy groups -OCH3 is 1. The number of rotatable bonds is 4. The second kappa shape index (κ2) is 5.25. The average molecular weight is 309 g/mol. The van der Waals surface area contributed by atoms with E-state index >= 15 is 0 Å². The number of carbonyl (C=O) groups excluding carboxylic acids is 1. The first-order valence-electron chi connectivity index (χ1n) is 6.36. The molecule has 3 N–H and O–H groups in total. The van der Waals surface area contributed by atoms with Crippen LogP contribution in [0.1, 0.15) is 23.5 Å². The highest BCUT2D eigenvalue weighted by molar-refractivity contribution is 6.33. The van der Waals surface area contributed by atoms with E-state index in [1.165, 1.54) is 7.11 Å². The molecule has 0 atom stereocenters. The molecule has 0 aliphatic heterocycles. The number of nitrogen functional groups attached to an aromatic ring is 1. The van der Waals surface area contributed by atoms with Crippen molar-refractivity contribution in [3.63, 3.8) is 0 Å². The predicted octanol–water partition coefficient (Wildman–Crippen LogP) is 1.87. The highest BCUT2D eigenvalue weighted by atomic mass is 35.5. The molecular weight excluding hydrogens is 296 g/mol. The van der Waals surface area contributed by atoms with Gasteiger partial charge >= 0.3 is 0 Å². The van der Waals surface area contributed by atoms with Crippen molar-refractivity contribution in [2.45, 2.75) is 18.9 Å². The first-order valence-corrected chi connectivity index (χ1v) is 6.74. The van der Waals surface area contributed by atoms with Crippen molar-refractivity contribution in [3.8, 4) is 17.2 Å². The summed E-state index contributed by atoms with van der Waals surface area (Å²) in [4.78, 5) is 15.9. The summed E-state index contributed by atoms with van der Waals surface area (Å²) in [7, 11) is 1.49. The number of anilines is 1. The van der Waals surface area contributed by atoms with Gasteiger partial charge in [-0.15, -0.1) is 0 Å². The maximum Gasteiger partial charge on any atom is 0.292 e. The molecule has 1 aromatic carbocycles. The highest BCUT2D eigenvalue weighted by Crippen LogP contribution is 2.35. The summed E-state index contributed by atoms with van der Waals surface area (Å²) in [5, 5.41) is 6.80. The summed E-state index contributed by atoms with van der Waals surface area (Å²) < 4.78 is 10.3. The molecule has 1 aliphatic carbocycles. The molecule has 110 valence electrons. The van der Waals surface area contributed by atoms with Gasteiger partial charge in [0.25, 0.3) is 17.6 Å². The molecular formula is C13H13ClN4O3. The molecule has 0 bridgehead atoms. The molecule has 8 heteroatoms. The maximum absolute atomic E-state index is 11.8. The van der Waals surface area contributed by atoms with Gasteiger partial charge in [-0.3, -0.25) is 4.79 Å². The molecule has 1 fully saturated rings. The van der Waals surface area contributed by atoms with Crippen LogP contribution in [0.4, 0.5) is 5.69 Å². The summed E-state index contributed by atoms with van der Waals surface area (Å²) >= 11 is 5.99. The zero-order valence-electron chi connectivity index (χ0n) is 11.2. The second-order valence-electron chi connectivity index (χ2n) is 4.74. The summed E-state index contributed by atoms with van der Waals surface area (Å²) in [5.74, 6) is 0.212. The number of nitrogens with one attached hydrogen (secondary N) is 1. The Labute approximate surface area is 125 Å². The number of halogens is 1. The molecule has 21 heavy (non-hydrogen) atoms. The van der Waals surface area contributed by atoms with Gasteiger partial charge in [0.15, 0.2) is 0 Å². The number of aromatic nitrogens is 2. The number of nitrogens with two attached hydrogens (primary N) is 1. The van der Waals surface area contributed by atoms with E-state index in [9.17, 15) is 4.79 Å². The molecule has 1 aliphatic rings. The van der Waals surface area contributed by atoms with Crippen LogP contribution in [0.5, 0.6) is 5.75 Å². The lowest BCUT2D eigenvalue weighted by Crippen LogP contribution is -2.26. The lowest BCUT2D eigenvalue weighted by Gasteiger charge is -2.07. The molecule has 1 saturated carbocycles. The third-order valence-electron chi connectivity index (χ3n) is 3.09. The number of hydrogen-bond acceptors (Lipinski definition) is 6. The molecule has 1 aromatic heterocycles. The van der Waals surface area contributed by atoms with Crippen molar-refractivity contribution in [3.05, 3.63) is 23.0 Å². The zero-order valence-corrected chi connectivity index (χ0v) is 12.0. The van der Waals surface area contributed by atoms with Gasteiger partial charge in [-0.1, -0.05) is 16.8 Å². The first kappa shape index (κ1) is 13.7. The first-order chi connectivity index (χ1) is 10.1. The Kier molecular flexibility index (Phi) is 3.42. The molecule has 7 nitrogen and oxygen atoms in total. The fourth-order valence-corrected chi connectivity index (χ4v) is 1.97. The Morgan fingerprint density at radius 2 is 2.29 bits per heavy atom. The van der Waals surface area contributed by atoms with Gasteiger partial charge in [0, 0.05) is 12.1 Å². The maximum atomic E-state index is 11.8. The molecule has 0 saturated heterocycles. The Morgan fingerprint density at radius 3 is 2.95 bits per heavy atom. The van der Waals surface area contributed by atoms with Crippen molar-refractivity contribution in [2.24, 2.45) is 0 Å². The summed E-state index contributed by atoms with van der Waals surface area (Å²) in [5.41, 5.74) is 6.58. The quantitative estimate of drug-likeness (QED) is 0.836. The van der Waals surface area contributed by atoms with Crippen LogP contribution in [0, 0.1) is 0 Å². The average Bonchev–Trinajstić information content (AvgIpc) is 3.14. The third kappa shape index (κ3) is 2.78. The van der Waals surface area contributed by atoms with Crippen LogP contribution in [-0.2, 0) is 0 Å². The Morgan fingerprint density at radius 1 is 1.52 bits per heavy atom. The van der Waals surface area contributed by atoms with Crippen LogP contribution in [0.2, 0.25) is 5.02 Å². The number of amides is 1. The van der Waals surface area contributed by atoms with Crippen molar-refractivity contribution in [1.29, 1.82) is 0 Å². The minimum atomic E-state index is -0.354. The number of ether oxygens (including phenoxy) is 1. The zero-order chi connectivity index (χ0) is 15.0. The molecule has 1 heterocycles. The largest absolute Gasteiger partial charge is 0.496 e. The van der Waals surface area contributed by atoms with Crippen LogP contribution in [0.15, 0.2) is 16.7 Å². The van der Waals surface area contributed by atoms with Crippen LogP contribution >= 0.6 is 11.6 Å². The lowest BCUT2D eigenvalue weighted by atomic mass is 10.2. The Hall–Kier alpha value is -2.28. The van der Waals surface area contributed by atoms with E-state index in [2.05, 4.69) is 15.5 Å². The van der Waals surface area contributed by atoms with Crippen molar-refractivity contribution >= 4 is 23.2 Å². The van der Waals surface area contributed by atoms with E-state index in [0.717, 1.165) is 12.8 Å². The minimum absolute atomic E-state index is 0.0214. The molecule has 3 rings (SSSR count). The van der Waals surface area contributed by atoms with E-state index in [1.807, 2.05) is 0 Å². The number of nitrogens with zero attached hydrogens (tertiary/aromatic N) is 2. The highest BCUT2D eigenvalue weighted by Gasteiger charge is 2.26. The van der Waals surface area contributed by atoms with Crippen molar-refractivity contribution in [2.75, 3.05) is 12.8 Å². The second-order valence-corrected chi connectivity index (χ2v) is 5.15. The molecule has 0 radical (unpaired) electrons.